The third-order valence-corrected chi connectivity index (χ3v) is 4.33. The van der Waals surface area contributed by atoms with E-state index in [4.69, 9.17) is 9.47 Å². The number of hydrogen-bond acceptors (Lipinski definition) is 5. The predicted molar refractivity (Wildman–Crippen MR) is 95.6 cm³/mol. The molecule has 1 aliphatic rings. The van der Waals surface area contributed by atoms with Crippen LogP contribution in [0, 0.1) is 0 Å². The number of amides is 1. The number of benzene rings is 1. The molecule has 1 aromatic rings. The molecule has 0 radical (unpaired) electrons. The van der Waals surface area contributed by atoms with Gasteiger partial charge in [0.25, 0.3) is 0 Å². The maximum Gasteiger partial charge on any atom is 0.410 e. The van der Waals surface area contributed by atoms with Gasteiger partial charge in [0.05, 0.1) is 12.7 Å². The fourth-order valence-corrected chi connectivity index (χ4v) is 2.84. The van der Waals surface area contributed by atoms with Crippen molar-refractivity contribution >= 4 is 12.1 Å². The van der Waals surface area contributed by atoms with Crippen molar-refractivity contribution in [2.75, 3.05) is 33.3 Å². The number of methoxy groups -OCH3 is 1. The molecule has 0 saturated carbocycles. The van der Waals surface area contributed by atoms with E-state index in [0.717, 1.165) is 18.7 Å². The van der Waals surface area contributed by atoms with Crippen LogP contribution < -0.4 is 0 Å². The van der Waals surface area contributed by atoms with Crippen LogP contribution >= 0.6 is 0 Å². The van der Waals surface area contributed by atoms with Crippen LogP contribution in [0.25, 0.3) is 0 Å². The summed E-state index contributed by atoms with van der Waals surface area (Å²) in [7, 11) is 1.38. The number of carbonyl (C=O) groups excluding carboxylic acids is 2. The molecule has 1 aliphatic heterocycles. The number of esters is 1. The summed E-state index contributed by atoms with van der Waals surface area (Å²) in [6, 6.07) is 7.70. The van der Waals surface area contributed by atoms with Gasteiger partial charge in [0.2, 0.25) is 0 Å². The highest BCUT2D eigenvalue weighted by atomic mass is 16.6. The van der Waals surface area contributed by atoms with Crippen LogP contribution in [0.5, 0.6) is 0 Å². The molecule has 0 N–H and O–H groups in total. The zero-order chi connectivity index (χ0) is 18.6. The summed E-state index contributed by atoms with van der Waals surface area (Å²) < 4.78 is 10.2. The van der Waals surface area contributed by atoms with E-state index >= 15 is 0 Å². The zero-order valence-corrected chi connectivity index (χ0v) is 15.7. The van der Waals surface area contributed by atoms with Gasteiger partial charge in [-0.3, -0.25) is 4.90 Å². The fourth-order valence-electron chi connectivity index (χ4n) is 2.84. The lowest BCUT2D eigenvalue weighted by Gasteiger charge is -2.38. The van der Waals surface area contributed by atoms with Crippen LogP contribution in [0.3, 0.4) is 0 Å². The molecule has 6 nitrogen and oxygen atoms in total. The standard InChI is InChI=1S/C19H28N2O4/c1-14(15-6-8-16(9-7-15)17(22)24-5)20-10-12-21(13-11-20)18(23)25-19(2,3)4/h6-9,14H,10-13H2,1-5H3/t14-/m1/s1. The molecule has 6 heteroatoms. The van der Waals surface area contributed by atoms with Crippen LogP contribution in [0.2, 0.25) is 0 Å². The summed E-state index contributed by atoms with van der Waals surface area (Å²) >= 11 is 0. The molecule has 25 heavy (non-hydrogen) atoms. The maximum absolute atomic E-state index is 12.1. The van der Waals surface area contributed by atoms with Gasteiger partial charge in [-0.15, -0.1) is 0 Å². The molecule has 0 bridgehead atoms. The maximum atomic E-state index is 12.1. The third kappa shape index (κ3) is 5.19. The van der Waals surface area contributed by atoms with Crippen LogP contribution in [0.1, 0.15) is 49.7 Å². The fraction of sp³-hybridized carbons (Fsp3) is 0.579. The van der Waals surface area contributed by atoms with E-state index in [1.54, 1.807) is 17.0 Å². The molecular weight excluding hydrogens is 320 g/mol. The first-order valence-electron chi connectivity index (χ1n) is 8.61. The molecule has 0 spiro atoms. The highest BCUT2D eigenvalue weighted by Gasteiger charge is 2.28. The minimum absolute atomic E-state index is 0.215. The number of carbonyl (C=O) groups is 2. The molecule has 1 saturated heterocycles. The average Bonchev–Trinajstić information content (AvgIpc) is 2.59. The lowest BCUT2D eigenvalue weighted by atomic mass is 10.0. The van der Waals surface area contributed by atoms with Gasteiger partial charge in [-0.25, -0.2) is 9.59 Å². The monoisotopic (exact) mass is 348 g/mol. The van der Waals surface area contributed by atoms with Crippen LogP contribution in [-0.4, -0.2) is 60.8 Å². The number of rotatable bonds is 3. The molecule has 0 unspecified atom stereocenters. The molecule has 1 fully saturated rings. The van der Waals surface area contributed by atoms with E-state index in [1.807, 2.05) is 32.9 Å². The van der Waals surface area contributed by atoms with Gasteiger partial charge in [-0.1, -0.05) is 12.1 Å². The zero-order valence-electron chi connectivity index (χ0n) is 15.7. The van der Waals surface area contributed by atoms with Gasteiger partial charge in [0.15, 0.2) is 0 Å². The van der Waals surface area contributed by atoms with E-state index < -0.39 is 5.60 Å². The van der Waals surface area contributed by atoms with Crippen molar-refractivity contribution in [3.63, 3.8) is 0 Å². The average molecular weight is 348 g/mol. The Hall–Kier alpha value is -2.08. The largest absolute Gasteiger partial charge is 0.465 e. The van der Waals surface area contributed by atoms with Crippen molar-refractivity contribution in [3.05, 3.63) is 35.4 Å². The number of piperazine rings is 1. The Labute approximate surface area is 149 Å². The number of nitrogens with zero attached hydrogens (tertiary/aromatic N) is 2. The minimum atomic E-state index is -0.469. The van der Waals surface area contributed by atoms with Crippen molar-refractivity contribution in [2.24, 2.45) is 0 Å². The molecule has 2 rings (SSSR count). The molecule has 0 aromatic heterocycles. The van der Waals surface area contributed by atoms with Crippen molar-refractivity contribution in [1.82, 2.24) is 9.80 Å². The molecule has 1 amide bonds. The Morgan fingerprint density at radius 1 is 1.04 bits per heavy atom. The van der Waals surface area contributed by atoms with Gasteiger partial charge >= 0.3 is 12.1 Å². The normalized spacial score (nSPS) is 17.1. The summed E-state index contributed by atoms with van der Waals surface area (Å²) in [6.45, 7) is 10.7. The van der Waals surface area contributed by atoms with E-state index in [-0.39, 0.29) is 18.1 Å². The Morgan fingerprint density at radius 2 is 1.60 bits per heavy atom. The van der Waals surface area contributed by atoms with E-state index in [9.17, 15) is 9.59 Å². The molecule has 0 aliphatic carbocycles. The van der Waals surface area contributed by atoms with Gasteiger partial charge in [-0.05, 0) is 45.4 Å². The van der Waals surface area contributed by atoms with Gasteiger partial charge in [-0.2, -0.15) is 0 Å². The molecule has 138 valence electrons. The summed E-state index contributed by atoms with van der Waals surface area (Å²) in [5, 5.41) is 0. The topological polar surface area (TPSA) is 59.1 Å². The Balaban J connectivity index is 1.91. The van der Waals surface area contributed by atoms with Crippen molar-refractivity contribution in [3.8, 4) is 0 Å². The van der Waals surface area contributed by atoms with E-state index in [0.29, 0.717) is 18.7 Å². The molecule has 1 heterocycles. The van der Waals surface area contributed by atoms with Gasteiger partial charge < -0.3 is 14.4 Å². The highest BCUT2D eigenvalue weighted by Crippen LogP contribution is 2.23. The van der Waals surface area contributed by atoms with Gasteiger partial charge in [0.1, 0.15) is 5.60 Å². The Kier molecular flexibility index (Phi) is 6.06. The summed E-state index contributed by atoms with van der Waals surface area (Å²) in [5.74, 6) is -0.329. The number of hydrogen-bond donors (Lipinski definition) is 0. The van der Waals surface area contributed by atoms with Crippen LogP contribution in [0.4, 0.5) is 4.79 Å². The minimum Gasteiger partial charge on any atom is -0.465 e. The van der Waals surface area contributed by atoms with Crippen molar-refractivity contribution in [1.29, 1.82) is 0 Å². The molecule has 1 atom stereocenters. The third-order valence-electron chi connectivity index (χ3n) is 4.33. The van der Waals surface area contributed by atoms with Crippen molar-refractivity contribution in [2.45, 2.75) is 39.3 Å². The quantitative estimate of drug-likeness (QED) is 0.786. The first-order valence-corrected chi connectivity index (χ1v) is 8.61. The van der Waals surface area contributed by atoms with E-state index in [2.05, 4.69) is 11.8 Å². The van der Waals surface area contributed by atoms with Crippen LogP contribution in [-0.2, 0) is 9.47 Å². The second-order valence-electron chi connectivity index (χ2n) is 7.29. The number of ether oxygens (including phenoxy) is 2. The van der Waals surface area contributed by atoms with Crippen LogP contribution in [0.15, 0.2) is 24.3 Å². The molecular formula is C19H28N2O4. The Bertz CT molecular complexity index is 599. The second-order valence-corrected chi connectivity index (χ2v) is 7.29. The second kappa shape index (κ2) is 7.87. The summed E-state index contributed by atoms with van der Waals surface area (Å²) in [5.41, 5.74) is 1.22. The van der Waals surface area contributed by atoms with E-state index in [1.165, 1.54) is 7.11 Å². The smallest absolute Gasteiger partial charge is 0.410 e. The lowest BCUT2D eigenvalue weighted by Crippen LogP contribution is -2.50. The van der Waals surface area contributed by atoms with Gasteiger partial charge in [0, 0.05) is 32.2 Å². The molecule has 1 aromatic carbocycles. The lowest BCUT2D eigenvalue weighted by molar-refractivity contribution is 0.0110. The first kappa shape index (κ1) is 19.2. The Morgan fingerprint density at radius 3 is 2.08 bits per heavy atom. The predicted octanol–water partition coefficient (Wildman–Crippen LogP) is 3.09. The van der Waals surface area contributed by atoms with Crippen molar-refractivity contribution < 1.29 is 19.1 Å². The SMILES string of the molecule is COC(=O)c1ccc([C@@H](C)N2CCN(C(=O)OC(C)(C)C)CC2)cc1. The summed E-state index contributed by atoms with van der Waals surface area (Å²) in [4.78, 5) is 27.7. The highest BCUT2D eigenvalue weighted by molar-refractivity contribution is 5.89. The summed E-state index contributed by atoms with van der Waals surface area (Å²) in [6.07, 6.45) is -0.248. The first-order chi connectivity index (χ1) is 11.7.